The van der Waals surface area contributed by atoms with Crippen LogP contribution in [0.3, 0.4) is 0 Å². The van der Waals surface area contributed by atoms with Gasteiger partial charge in [-0.2, -0.15) is 0 Å². The molecule has 0 saturated carbocycles. The summed E-state index contributed by atoms with van der Waals surface area (Å²) in [5.41, 5.74) is 6.73. The van der Waals surface area contributed by atoms with Gasteiger partial charge in [0, 0.05) is 24.2 Å². The summed E-state index contributed by atoms with van der Waals surface area (Å²) in [7, 11) is 0. The van der Waals surface area contributed by atoms with Gasteiger partial charge in [-0.15, -0.1) is 22.9 Å². The standard InChI is InChI=1S/C9H7ClINS/c10-4-6-3-7-8(12)1-5(11)2-9(7)13-6/h1-3H,4,12H2. The van der Waals surface area contributed by atoms with Crippen LogP contribution in [0.1, 0.15) is 4.88 Å². The number of fused-ring (bicyclic) bond motifs is 1. The van der Waals surface area contributed by atoms with Crippen molar-refractivity contribution in [3.05, 3.63) is 26.6 Å². The van der Waals surface area contributed by atoms with Gasteiger partial charge in [0.05, 0.1) is 5.88 Å². The number of rotatable bonds is 1. The van der Waals surface area contributed by atoms with Crippen molar-refractivity contribution in [2.24, 2.45) is 0 Å². The molecule has 0 fully saturated rings. The Labute approximate surface area is 99.0 Å². The van der Waals surface area contributed by atoms with Crippen molar-refractivity contribution in [1.82, 2.24) is 0 Å². The molecule has 0 atom stereocenters. The van der Waals surface area contributed by atoms with Gasteiger partial charge in [0.1, 0.15) is 0 Å². The van der Waals surface area contributed by atoms with Crippen molar-refractivity contribution in [2.75, 3.05) is 5.73 Å². The second kappa shape index (κ2) is 3.63. The van der Waals surface area contributed by atoms with Gasteiger partial charge in [0.25, 0.3) is 0 Å². The molecule has 0 bridgehead atoms. The molecule has 0 aliphatic carbocycles. The van der Waals surface area contributed by atoms with Gasteiger partial charge in [0.15, 0.2) is 0 Å². The molecule has 1 heterocycles. The first-order valence-electron chi connectivity index (χ1n) is 3.74. The van der Waals surface area contributed by atoms with Crippen LogP contribution in [0.4, 0.5) is 5.69 Å². The Kier molecular flexibility index (Phi) is 2.67. The van der Waals surface area contributed by atoms with E-state index < -0.39 is 0 Å². The fourth-order valence-corrected chi connectivity index (χ4v) is 3.34. The molecule has 4 heteroatoms. The van der Waals surface area contributed by atoms with E-state index in [0.29, 0.717) is 5.88 Å². The monoisotopic (exact) mass is 323 g/mol. The van der Waals surface area contributed by atoms with Crippen LogP contribution in [0.25, 0.3) is 10.1 Å². The van der Waals surface area contributed by atoms with Crippen LogP contribution in [-0.4, -0.2) is 0 Å². The van der Waals surface area contributed by atoms with Crippen LogP contribution in [0.5, 0.6) is 0 Å². The van der Waals surface area contributed by atoms with Crippen molar-refractivity contribution in [1.29, 1.82) is 0 Å². The number of nitrogens with two attached hydrogens (primary N) is 1. The number of benzene rings is 1. The summed E-state index contributed by atoms with van der Waals surface area (Å²) < 4.78 is 2.39. The molecule has 13 heavy (non-hydrogen) atoms. The van der Waals surface area contributed by atoms with E-state index >= 15 is 0 Å². The number of alkyl halides is 1. The van der Waals surface area contributed by atoms with Crippen LogP contribution in [-0.2, 0) is 5.88 Å². The number of hydrogen-bond donors (Lipinski definition) is 1. The predicted molar refractivity (Wildman–Crippen MR) is 68.5 cm³/mol. The van der Waals surface area contributed by atoms with Crippen molar-refractivity contribution in [3.63, 3.8) is 0 Å². The lowest BCUT2D eigenvalue weighted by atomic mass is 10.2. The highest BCUT2D eigenvalue weighted by molar-refractivity contribution is 14.1. The number of hydrogen-bond acceptors (Lipinski definition) is 2. The summed E-state index contributed by atoms with van der Waals surface area (Å²) in [6.45, 7) is 0. The lowest BCUT2D eigenvalue weighted by molar-refractivity contribution is 1.54. The first kappa shape index (κ1) is 9.55. The largest absolute Gasteiger partial charge is 0.398 e. The third-order valence-electron chi connectivity index (χ3n) is 1.82. The second-order valence-corrected chi connectivity index (χ2v) is 5.43. The fourth-order valence-electron chi connectivity index (χ4n) is 1.25. The third-order valence-corrected chi connectivity index (χ3v) is 3.97. The highest BCUT2D eigenvalue weighted by Gasteiger charge is 2.04. The maximum atomic E-state index is 5.88. The van der Waals surface area contributed by atoms with Crippen LogP contribution in [0.15, 0.2) is 18.2 Å². The van der Waals surface area contributed by atoms with Crippen LogP contribution >= 0.6 is 45.5 Å². The van der Waals surface area contributed by atoms with Gasteiger partial charge in [0.2, 0.25) is 0 Å². The third kappa shape index (κ3) is 1.78. The van der Waals surface area contributed by atoms with Gasteiger partial charge in [-0.25, -0.2) is 0 Å². The normalized spacial score (nSPS) is 10.9. The molecule has 0 radical (unpaired) electrons. The zero-order valence-corrected chi connectivity index (χ0v) is 10.4. The molecule has 1 nitrogen and oxygen atoms in total. The smallest absolute Gasteiger partial charge is 0.0568 e. The van der Waals surface area contributed by atoms with Crippen LogP contribution in [0, 0.1) is 3.57 Å². The molecule has 1 aromatic heterocycles. The molecule has 0 aliphatic heterocycles. The Bertz CT molecular complexity index is 452. The molecule has 0 unspecified atom stereocenters. The first-order chi connectivity index (χ1) is 6.20. The number of thiophene rings is 1. The number of anilines is 1. The Morgan fingerprint density at radius 2 is 2.15 bits per heavy atom. The van der Waals surface area contributed by atoms with Gasteiger partial charge in [-0.3, -0.25) is 0 Å². The molecule has 0 amide bonds. The second-order valence-electron chi connectivity index (χ2n) is 2.75. The summed E-state index contributed by atoms with van der Waals surface area (Å²) in [4.78, 5) is 1.17. The van der Waals surface area contributed by atoms with E-state index in [1.807, 2.05) is 6.07 Å². The molecule has 0 aliphatic rings. The van der Waals surface area contributed by atoms with E-state index in [-0.39, 0.29) is 0 Å². The summed E-state index contributed by atoms with van der Waals surface area (Å²) in [6, 6.07) is 6.18. The maximum Gasteiger partial charge on any atom is 0.0568 e. The Hall–Kier alpha value is -0.000000000000000111. The van der Waals surface area contributed by atoms with Gasteiger partial charge < -0.3 is 5.73 Å². The average molecular weight is 324 g/mol. The molecule has 0 saturated heterocycles. The van der Waals surface area contributed by atoms with E-state index in [9.17, 15) is 0 Å². The fraction of sp³-hybridized carbons (Fsp3) is 0.111. The summed E-state index contributed by atoms with van der Waals surface area (Å²) in [5.74, 6) is 0.565. The Morgan fingerprint density at radius 3 is 2.85 bits per heavy atom. The molecule has 2 rings (SSSR count). The van der Waals surface area contributed by atoms with Crippen LogP contribution in [0.2, 0.25) is 0 Å². The van der Waals surface area contributed by atoms with E-state index in [1.54, 1.807) is 11.3 Å². The molecule has 0 spiro atoms. The van der Waals surface area contributed by atoms with Crippen molar-refractivity contribution in [3.8, 4) is 0 Å². The first-order valence-corrected chi connectivity index (χ1v) is 6.17. The highest BCUT2D eigenvalue weighted by Crippen LogP contribution is 2.32. The number of nitrogen functional groups attached to an aromatic ring is 1. The van der Waals surface area contributed by atoms with E-state index in [0.717, 1.165) is 11.1 Å². The van der Waals surface area contributed by atoms with E-state index in [4.69, 9.17) is 17.3 Å². The zero-order chi connectivity index (χ0) is 9.42. The average Bonchev–Trinajstić information content (AvgIpc) is 2.47. The lowest BCUT2D eigenvalue weighted by Crippen LogP contribution is -1.85. The molecule has 68 valence electrons. The lowest BCUT2D eigenvalue weighted by Gasteiger charge is -1.96. The highest BCUT2D eigenvalue weighted by atomic mass is 127. The number of halogens is 2. The zero-order valence-electron chi connectivity index (χ0n) is 6.68. The summed E-state index contributed by atoms with van der Waals surface area (Å²) >= 11 is 9.74. The molecular weight excluding hydrogens is 317 g/mol. The quantitative estimate of drug-likeness (QED) is 0.482. The van der Waals surface area contributed by atoms with Gasteiger partial charge in [-0.1, -0.05) is 0 Å². The molecule has 2 N–H and O–H groups in total. The topological polar surface area (TPSA) is 26.0 Å². The summed E-state index contributed by atoms with van der Waals surface area (Å²) in [6.07, 6.45) is 0. The molecule has 1 aromatic carbocycles. The van der Waals surface area contributed by atoms with Crippen molar-refractivity contribution >= 4 is 61.3 Å². The predicted octanol–water partition coefficient (Wildman–Crippen LogP) is 3.83. The molecule has 2 aromatic rings. The van der Waals surface area contributed by atoms with Crippen molar-refractivity contribution in [2.45, 2.75) is 5.88 Å². The van der Waals surface area contributed by atoms with Gasteiger partial charge >= 0.3 is 0 Å². The minimum atomic E-state index is 0.565. The molecular formula is C9H7ClINS. The van der Waals surface area contributed by atoms with Crippen molar-refractivity contribution < 1.29 is 0 Å². The van der Waals surface area contributed by atoms with Crippen LogP contribution < -0.4 is 5.73 Å². The minimum absolute atomic E-state index is 0.565. The summed E-state index contributed by atoms with van der Waals surface area (Å²) in [5, 5.41) is 1.13. The van der Waals surface area contributed by atoms with E-state index in [1.165, 1.54) is 13.1 Å². The Morgan fingerprint density at radius 1 is 1.38 bits per heavy atom. The minimum Gasteiger partial charge on any atom is -0.398 e. The maximum absolute atomic E-state index is 5.88. The van der Waals surface area contributed by atoms with Gasteiger partial charge in [-0.05, 0) is 40.8 Å². The Balaban J connectivity index is 2.75. The van der Waals surface area contributed by atoms with E-state index in [2.05, 4.69) is 34.7 Å². The SMILES string of the molecule is Nc1cc(I)cc2sc(CCl)cc12.